The van der Waals surface area contributed by atoms with Crippen molar-refractivity contribution in [2.45, 2.75) is 186 Å². The number of carbonyl (C=O) groups is 14. The minimum absolute atomic E-state index is 0.00407. The molecule has 0 bridgehead atoms. The maximum atomic E-state index is 15.3. The monoisotopic (exact) mass is 1570 g/mol. The highest BCUT2D eigenvalue weighted by atomic mass is 35.5. The number of carbonyl (C=O) groups excluding carboxylic acids is 14. The molecule has 1 aliphatic heterocycles. The smallest absolute Gasteiger partial charge is 0.269 e. The van der Waals surface area contributed by atoms with Crippen LogP contribution >= 0.6 is 11.6 Å². The van der Waals surface area contributed by atoms with E-state index in [1.165, 1.54) is 75.4 Å². The first-order valence-corrected chi connectivity index (χ1v) is 37.9. The van der Waals surface area contributed by atoms with Gasteiger partial charge >= 0.3 is 0 Å². The van der Waals surface area contributed by atoms with Crippen LogP contribution in [0.15, 0.2) is 140 Å². The number of aromatic nitrogens is 1. The standard InChI is InChI=1S/C81H103ClN16O15/c1-46(2)38-63(72(105)90-62(19-12-13-36-86-47(3)4)79(112)98-37-15-20-69(98)78(111)87-48(5)71(83)104)91-73(106)64(39-53-23-31-60(32-24-53)88-49(6)100)92-74(107)65(40-54-25-33-61(34-26-54)89-50(7)101)94-77(110)68(45-99)95-75(108)66(42-55-16-14-35-85-44-55)93-76(109)67(41-52-21-29-59(82)30-22-52)96-80(113)81(84-9,97-51(8)102)70(103)58-28-27-56-17-10-11-18-57(56)43-58/h10-11,14,16-18,21-35,43-44,46-48,62-69,84,86,99H,12-13,15,19-20,36-42,45H2,1-9H3,(H2,83,104)(H,87,111)(H,88,100)(H,89,101)(H,90,105)(H,91,106)(H,92,107)(H,93,109)(H,94,110)(H,95,108)(H,96,113)(H,97,102)/t48-,62+,63+,64-,65+,66-,67-,68+,69+,81-/m1/s1. The van der Waals surface area contributed by atoms with Gasteiger partial charge in [-0.15, -0.1) is 0 Å². The zero-order valence-electron chi connectivity index (χ0n) is 64.8. The molecule has 13 amide bonds. The van der Waals surface area contributed by atoms with Gasteiger partial charge in [0.1, 0.15) is 54.4 Å². The van der Waals surface area contributed by atoms with Crippen LogP contribution in [0.25, 0.3) is 10.8 Å². The van der Waals surface area contributed by atoms with Crippen LogP contribution in [0.4, 0.5) is 11.4 Å². The molecule has 2 heterocycles. The van der Waals surface area contributed by atoms with E-state index in [2.05, 4.69) is 74.1 Å². The summed E-state index contributed by atoms with van der Waals surface area (Å²) >= 11 is 6.27. The Morgan fingerprint density at radius 2 is 1.04 bits per heavy atom. The summed E-state index contributed by atoms with van der Waals surface area (Å²) < 4.78 is 0. The van der Waals surface area contributed by atoms with Crippen molar-refractivity contribution in [1.82, 2.24) is 68.4 Å². The molecule has 1 saturated heterocycles. The molecule has 0 radical (unpaired) electrons. The number of pyridine rings is 1. The van der Waals surface area contributed by atoms with Crippen LogP contribution in [0.2, 0.25) is 5.02 Å². The van der Waals surface area contributed by atoms with Gasteiger partial charge in [-0.05, 0) is 147 Å². The highest BCUT2D eigenvalue weighted by Gasteiger charge is 2.48. The van der Waals surface area contributed by atoms with Crippen molar-refractivity contribution in [2.24, 2.45) is 11.7 Å². The van der Waals surface area contributed by atoms with Crippen molar-refractivity contribution in [3.8, 4) is 0 Å². The molecule has 32 heteroatoms. The molecular formula is C81H103ClN16O15. The summed E-state index contributed by atoms with van der Waals surface area (Å²) in [4.78, 5) is 203. The number of fused-ring (bicyclic) bond motifs is 1. The lowest BCUT2D eigenvalue weighted by Gasteiger charge is -2.33. The second-order valence-electron chi connectivity index (χ2n) is 28.8. The Morgan fingerprint density at radius 3 is 1.52 bits per heavy atom. The van der Waals surface area contributed by atoms with Crippen molar-refractivity contribution >= 4 is 116 Å². The van der Waals surface area contributed by atoms with Gasteiger partial charge in [0.15, 0.2) is 0 Å². The maximum Gasteiger partial charge on any atom is 0.269 e. The predicted octanol–water partition coefficient (Wildman–Crippen LogP) is 2.59. The Bertz CT molecular complexity index is 4360. The van der Waals surface area contributed by atoms with Gasteiger partial charge in [-0.25, -0.2) is 0 Å². The summed E-state index contributed by atoms with van der Waals surface area (Å²) in [5.74, 6) is -11.8. The van der Waals surface area contributed by atoms with Crippen LogP contribution in [0.3, 0.4) is 0 Å². The Kier molecular flexibility index (Phi) is 33.5. The Hall–Kier alpha value is -11.5. The predicted molar refractivity (Wildman–Crippen MR) is 424 cm³/mol. The first-order valence-electron chi connectivity index (χ1n) is 37.5. The summed E-state index contributed by atoms with van der Waals surface area (Å²) in [5, 5.41) is 48.1. The number of amides is 13. The lowest BCUT2D eigenvalue weighted by molar-refractivity contribution is -0.142. The quantitative estimate of drug-likeness (QED) is 0.0113. The Balaban J connectivity index is 1.20. The van der Waals surface area contributed by atoms with E-state index >= 15 is 14.4 Å². The molecule has 0 saturated carbocycles. The third-order valence-corrected chi connectivity index (χ3v) is 19.0. The van der Waals surface area contributed by atoms with Crippen molar-refractivity contribution in [3.63, 3.8) is 0 Å². The fourth-order valence-corrected chi connectivity index (χ4v) is 13.0. The maximum absolute atomic E-state index is 15.3. The van der Waals surface area contributed by atoms with Gasteiger partial charge in [-0.2, -0.15) is 0 Å². The number of unbranched alkanes of at least 4 members (excludes halogenated alkanes) is 1. The Labute approximate surface area is 661 Å². The number of nitrogens with zero attached hydrogens (tertiary/aromatic N) is 2. The van der Waals surface area contributed by atoms with Crippen molar-refractivity contribution in [3.05, 3.63) is 173 Å². The average molecular weight is 1580 g/mol. The number of hydrogen-bond donors (Lipinski definition) is 15. The molecule has 6 aromatic rings. The largest absolute Gasteiger partial charge is 0.394 e. The molecule has 16 N–H and O–H groups in total. The summed E-state index contributed by atoms with van der Waals surface area (Å²) in [6.45, 7) is 12.3. The van der Waals surface area contributed by atoms with Crippen molar-refractivity contribution < 1.29 is 72.2 Å². The number of likely N-dealkylation sites (tertiary alicyclic amines) is 1. The van der Waals surface area contributed by atoms with E-state index in [-0.39, 0.29) is 80.8 Å². The number of aliphatic hydroxyl groups excluding tert-OH is 1. The van der Waals surface area contributed by atoms with Crippen LogP contribution in [-0.2, 0) is 88.0 Å². The molecule has 1 fully saturated rings. The van der Waals surface area contributed by atoms with E-state index in [1.54, 1.807) is 105 Å². The second-order valence-corrected chi connectivity index (χ2v) is 29.2. The summed E-state index contributed by atoms with van der Waals surface area (Å²) in [7, 11) is 1.27. The molecule has 1 aliphatic rings. The van der Waals surface area contributed by atoms with Gasteiger partial charge in [-0.1, -0.05) is 118 Å². The molecule has 0 unspecified atom stereocenters. The van der Waals surface area contributed by atoms with Crippen LogP contribution in [0.1, 0.15) is 127 Å². The number of likely N-dealkylation sites (N-methyl/N-ethyl adjacent to an activating group) is 1. The van der Waals surface area contributed by atoms with Gasteiger partial charge < -0.3 is 79.5 Å². The number of primary amides is 1. The van der Waals surface area contributed by atoms with E-state index in [9.17, 15) is 57.8 Å². The van der Waals surface area contributed by atoms with Crippen LogP contribution in [-0.4, -0.2) is 190 Å². The molecule has 7 rings (SSSR count). The zero-order chi connectivity index (χ0) is 82.6. The summed E-state index contributed by atoms with van der Waals surface area (Å²) in [6, 6.07) is 20.8. The lowest BCUT2D eigenvalue weighted by Crippen LogP contribution is -2.72. The van der Waals surface area contributed by atoms with Crippen molar-refractivity contribution in [2.75, 3.05) is 37.4 Å². The van der Waals surface area contributed by atoms with E-state index in [0.717, 1.165) is 12.3 Å². The highest BCUT2D eigenvalue weighted by molar-refractivity contribution is 6.30. The minimum atomic E-state index is -2.53. The normalized spacial score (nSPS) is 15.2. The highest BCUT2D eigenvalue weighted by Crippen LogP contribution is 2.24. The van der Waals surface area contributed by atoms with E-state index in [1.807, 2.05) is 19.9 Å². The van der Waals surface area contributed by atoms with Gasteiger partial charge in [0, 0.05) is 93.4 Å². The SMILES string of the molecule is CN[C@](NC(C)=O)(C(=O)N[C@H](Cc1ccc(Cl)cc1)C(=O)N[C@H](Cc1cccnc1)C(=O)N[C@@H](CO)C(=O)N[C@@H](Cc1ccc(NC(C)=O)cc1)C(=O)N[C@H](Cc1ccc(NC(C)=O)cc1)C(=O)N[C@@H](CC(C)C)C(=O)N[C@@H](CCCCNC(C)C)C(=O)N1CCC[C@H]1C(=O)N[C@H](C)C(N)=O)C(=O)c1ccc2ccccc2c1. The lowest BCUT2D eigenvalue weighted by atomic mass is 9.93. The second kappa shape index (κ2) is 42.8. The van der Waals surface area contributed by atoms with Crippen LogP contribution < -0.4 is 74.9 Å². The molecule has 604 valence electrons. The molecule has 113 heavy (non-hydrogen) atoms. The zero-order valence-corrected chi connectivity index (χ0v) is 65.6. The number of aliphatic hydroxyl groups is 1. The topological polar surface area (TPSA) is 458 Å². The third-order valence-electron chi connectivity index (χ3n) is 18.8. The summed E-state index contributed by atoms with van der Waals surface area (Å²) in [5.41, 5.74) is 5.34. The molecule has 1 aromatic heterocycles. The number of rotatable bonds is 41. The molecule has 10 atom stereocenters. The fraction of sp³-hybridized carbons (Fsp3) is 0.420. The van der Waals surface area contributed by atoms with Gasteiger partial charge in [0.25, 0.3) is 5.91 Å². The third kappa shape index (κ3) is 26.8. The van der Waals surface area contributed by atoms with Gasteiger partial charge in [-0.3, -0.25) is 77.4 Å². The number of anilines is 2. The molecule has 5 aromatic carbocycles. The number of ketones is 1. The first-order chi connectivity index (χ1) is 53.8. The molecular weight excluding hydrogens is 1470 g/mol. The Morgan fingerprint density at radius 1 is 0.549 bits per heavy atom. The van der Waals surface area contributed by atoms with Crippen molar-refractivity contribution in [1.29, 1.82) is 0 Å². The molecule has 0 aliphatic carbocycles. The molecule has 0 spiro atoms. The summed E-state index contributed by atoms with van der Waals surface area (Å²) in [6.07, 6.45) is 3.50. The number of nitrogens with one attached hydrogen (secondary N) is 13. The molecule has 31 nitrogen and oxygen atoms in total. The van der Waals surface area contributed by atoms with Gasteiger partial charge in [0.05, 0.1) is 6.61 Å². The average Bonchev–Trinajstić information content (AvgIpc) is 1.22. The minimum Gasteiger partial charge on any atom is -0.394 e. The van der Waals surface area contributed by atoms with Crippen LogP contribution in [0.5, 0.6) is 0 Å². The van der Waals surface area contributed by atoms with Gasteiger partial charge in [0.2, 0.25) is 82.3 Å². The number of halogens is 1. The first kappa shape index (κ1) is 88.7. The number of benzene rings is 5. The van der Waals surface area contributed by atoms with Crippen LogP contribution in [0, 0.1) is 5.92 Å². The number of nitrogens with two attached hydrogens (primary N) is 1. The number of hydrogen-bond acceptors (Lipinski definition) is 18. The number of Topliss-reactive ketones (excluding diaryl/α,β-unsaturated/α-hetero) is 1. The van der Waals surface area contributed by atoms with E-state index in [0.29, 0.717) is 69.8 Å². The van der Waals surface area contributed by atoms with E-state index < -0.39 is 137 Å². The fourth-order valence-electron chi connectivity index (χ4n) is 12.9. The van der Waals surface area contributed by atoms with E-state index in [4.69, 9.17) is 17.3 Å².